The second kappa shape index (κ2) is 6.45. The molecule has 0 aromatic heterocycles. The molecule has 0 bridgehead atoms. The van der Waals surface area contributed by atoms with Crippen molar-refractivity contribution in [3.8, 4) is 0 Å². The molecule has 0 spiro atoms. The first-order valence-electron chi connectivity index (χ1n) is 7.61. The predicted molar refractivity (Wildman–Crippen MR) is 81.4 cm³/mol. The fraction of sp³-hybridized carbons (Fsp3) is 0.600. The lowest BCUT2D eigenvalue weighted by Gasteiger charge is -2.44. The molecule has 3 nitrogen and oxygen atoms in total. The third-order valence-electron chi connectivity index (χ3n) is 4.55. The van der Waals surface area contributed by atoms with Crippen molar-refractivity contribution in [1.82, 2.24) is 10.2 Å². The predicted octanol–water partition coefficient (Wildman–Crippen LogP) is 2.74. The number of hydrogen-bond donors (Lipinski definition) is 1. The van der Waals surface area contributed by atoms with Gasteiger partial charge in [-0.15, -0.1) is 0 Å². The molecule has 0 radical (unpaired) electrons. The summed E-state index contributed by atoms with van der Waals surface area (Å²) < 4.78 is 55.5. The zero-order valence-corrected chi connectivity index (χ0v) is 13.2. The maximum Gasteiger partial charge on any atom is 0.275 e. The van der Waals surface area contributed by atoms with E-state index in [0.717, 1.165) is 0 Å². The van der Waals surface area contributed by atoms with Crippen LogP contribution in [0.5, 0.6) is 0 Å². The van der Waals surface area contributed by atoms with Gasteiger partial charge in [-0.1, -0.05) is 11.6 Å². The molecule has 1 atom stereocenters. The Labute approximate surface area is 137 Å². The van der Waals surface area contributed by atoms with Gasteiger partial charge in [0.15, 0.2) is 11.6 Å². The lowest BCUT2D eigenvalue weighted by atomic mass is 9.99. The summed E-state index contributed by atoms with van der Waals surface area (Å²) in [5.41, 5.74) is 0.128. The highest BCUT2D eigenvalue weighted by molar-refractivity contribution is 6.30. The molecule has 23 heavy (non-hydrogen) atoms. The topological polar surface area (TPSA) is 18.5 Å². The quantitative estimate of drug-likeness (QED) is 0.653. The van der Waals surface area contributed by atoms with E-state index in [1.165, 1.54) is 12.1 Å². The van der Waals surface area contributed by atoms with E-state index in [0.29, 0.717) is 39.1 Å². The van der Waals surface area contributed by atoms with Crippen molar-refractivity contribution < 1.29 is 17.6 Å². The van der Waals surface area contributed by atoms with Gasteiger partial charge in [0, 0.05) is 26.2 Å². The van der Waals surface area contributed by atoms with Gasteiger partial charge in [0.05, 0.1) is 23.3 Å². The number of nitrogens with zero attached hydrogens (tertiary/aromatic N) is 2. The Morgan fingerprint density at radius 3 is 2.43 bits per heavy atom. The van der Waals surface area contributed by atoms with Gasteiger partial charge >= 0.3 is 0 Å². The van der Waals surface area contributed by atoms with Crippen LogP contribution >= 0.6 is 11.6 Å². The van der Waals surface area contributed by atoms with Crippen molar-refractivity contribution in [1.29, 1.82) is 0 Å². The summed E-state index contributed by atoms with van der Waals surface area (Å²) in [5, 5.41) is 2.44. The summed E-state index contributed by atoms with van der Waals surface area (Å²) in [7, 11) is 0. The van der Waals surface area contributed by atoms with Gasteiger partial charge < -0.3 is 10.2 Å². The van der Waals surface area contributed by atoms with Crippen LogP contribution in [-0.4, -0.2) is 56.1 Å². The van der Waals surface area contributed by atoms with Crippen molar-refractivity contribution in [3.63, 3.8) is 0 Å². The van der Waals surface area contributed by atoms with Crippen LogP contribution in [0.4, 0.5) is 23.2 Å². The van der Waals surface area contributed by atoms with E-state index in [2.05, 4.69) is 5.32 Å². The second-order valence-electron chi connectivity index (χ2n) is 5.96. The fourth-order valence-electron chi connectivity index (χ4n) is 3.31. The maximum absolute atomic E-state index is 14.0. The lowest BCUT2D eigenvalue weighted by molar-refractivity contribution is -0.0963. The van der Waals surface area contributed by atoms with Crippen molar-refractivity contribution >= 4 is 17.3 Å². The minimum absolute atomic E-state index is 0.128. The Morgan fingerprint density at radius 1 is 1.09 bits per heavy atom. The van der Waals surface area contributed by atoms with Gasteiger partial charge in [0.1, 0.15) is 0 Å². The van der Waals surface area contributed by atoms with Gasteiger partial charge in [0.25, 0.3) is 5.92 Å². The van der Waals surface area contributed by atoms with Gasteiger partial charge in [0.2, 0.25) is 0 Å². The molecular formula is C15H18ClF4N3. The molecule has 3 rings (SSSR count). The van der Waals surface area contributed by atoms with Crippen LogP contribution in [0, 0.1) is 11.6 Å². The van der Waals surface area contributed by atoms with E-state index in [4.69, 9.17) is 11.6 Å². The molecule has 1 unspecified atom stereocenters. The molecule has 2 aliphatic rings. The highest BCUT2D eigenvalue weighted by Gasteiger charge is 2.45. The van der Waals surface area contributed by atoms with Crippen LogP contribution < -0.4 is 10.2 Å². The summed E-state index contributed by atoms with van der Waals surface area (Å²) in [4.78, 5) is 3.42. The van der Waals surface area contributed by atoms with E-state index in [-0.39, 0.29) is 17.3 Å². The third kappa shape index (κ3) is 3.27. The lowest BCUT2D eigenvalue weighted by Crippen LogP contribution is -2.61. The minimum Gasteiger partial charge on any atom is -0.367 e. The Kier molecular flexibility index (Phi) is 4.71. The van der Waals surface area contributed by atoms with E-state index in [1.54, 1.807) is 9.80 Å². The number of piperazine rings is 1. The van der Waals surface area contributed by atoms with Gasteiger partial charge in [-0.3, -0.25) is 4.90 Å². The molecule has 0 aliphatic carbocycles. The minimum atomic E-state index is -2.77. The molecular weight excluding hydrogens is 334 g/mol. The van der Waals surface area contributed by atoms with Crippen molar-refractivity contribution in [2.75, 3.05) is 44.2 Å². The SMILES string of the molecule is Fc1c(Cl)ccc(N2CCN(C3CCNCC3(F)F)CC2)c1F. The molecule has 2 saturated heterocycles. The third-order valence-corrected chi connectivity index (χ3v) is 4.85. The van der Waals surface area contributed by atoms with Gasteiger partial charge in [-0.25, -0.2) is 17.6 Å². The first-order valence-corrected chi connectivity index (χ1v) is 7.99. The first kappa shape index (κ1) is 16.8. The zero-order chi connectivity index (χ0) is 16.6. The summed E-state index contributed by atoms with van der Waals surface area (Å²) in [6, 6.07) is 1.94. The Bertz CT molecular complexity index is 576. The number of piperidine rings is 1. The van der Waals surface area contributed by atoms with E-state index < -0.39 is 23.6 Å². The highest BCUT2D eigenvalue weighted by Crippen LogP contribution is 2.31. The van der Waals surface area contributed by atoms with Crippen LogP contribution in [0.25, 0.3) is 0 Å². The molecule has 128 valence electrons. The summed E-state index contributed by atoms with van der Waals surface area (Å²) in [6.07, 6.45) is 0.386. The van der Waals surface area contributed by atoms with Crippen LogP contribution in [0.1, 0.15) is 6.42 Å². The fourth-order valence-corrected chi connectivity index (χ4v) is 3.45. The van der Waals surface area contributed by atoms with Crippen LogP contribution in [0.15, 0.2) is 12.1 Å². The Balaban J connectivity index is 1.68. The van der Waals surface area contributed by atoms with Gasteiger partial charge in [-0.05, 0) is 25.1 Å². The van der Waals surface area contributed by atoms with Gasteiger partial charge in [-0.2, -0.15) is 0 Å². The molecule has 2 aliphatic heterocycles. The second-order valence-corrected chi connectivity index (χ2v) is 6.37. The average Bonchev–Trinajstić information content (AvgIpc) is 2.53. The van der Waals surface area contributed by atoms with E-state index >= 15 is 0 Å². The van der Waals surface area contributed by atoms with Crippen molar-refractivity contribution in [2.45, 2.75) is 18.4 Å². The molecule has 0 amide bonds. The number of benzene rings is 1. The Morgan fingerprint density at radius 2 is 1.78 bits per heavy atom. The molecule has 1 aromatic carbocycles. The normalized spacial score (nSPS) is 25.6. The van der Waals surface area contributed by atoms with E-state index in [1.807, 2.05) is 0 Å². The number of halogens is 5. The molecule has 1 N–H and O–H groups in total. The monoisotopic (exact) mass is 351 g/mol. The molecule has 0 saturated carbocycles. The zero-order valence-electron chi connectivity index (χ0n) is 12.5. The van der Waals surface area contributed by atoms with Crippen LogP contribution in [-0.2, 0) is 0 Å². The van der Waals surface area contributed by atoms with Crippen molar-refractivity contribution in [3.05, 3.63) is 28.8 Å². The average molecular weight is 352 g/mol. The maximum atomic E-state index is 14.0. The molecule has 2 heterocycles. The summed E-state index contributed by atoms with van der Waals surface area (Å²) in [6.45, 7) is 1.79. The molecule has 8 heteroatoms. The van der Waals surface area contributed by atoms with Crippen LogP contribution in [0.2, 0.25) is 5.02 Å². The number of hydrogen-bond acceptors (Lipinski definition) is 3. The van der Waals surface area contributed by atoms with Crippen molar-refractivity contribution in [2.24, 2.45) is 0 Å². The number of rotatable bonds is 2. The molecule has 2 fully saturated rings. The first-order chi connectivity index (χ1) is 10.9. The standard InChI is InChI=1S/C15H18ClF4N3/c16-10-1-2-11(14(18)13(10)17)22-5-7-23(8-6-22)12-3-4-21-9-15(12,19)20/h1-2,12,21H,3-9H2. The molecule has 1 aromatic rings. The number of alkyl halides is 2. The summed E-state index contributed by atoms with van der Waals surface area (Å²) in [5.74, 6) is -4.83. The Hall–Kier alpha value is -1.05. The number of anilines is 1. The van der Waals surface area contributed by atoms with E-state index in [9.17, 15) is 17.6 Å². The summed E-state index contributed by atoms with van der Waals surface area (Å²) >= 11 is 5.55. The smallest absolute Gasteiger partial charge is 0.275 e. The largest absolute Gasteiger partial charge is 0.367 e. The van der Waals surface area contributed by atoms with Crippen LogP contribution in [0.3, 0.4) is 0 Å². The number of nitrogens with one attached hydrogen (secondary N) is 1. The highest BCUT2D eigenvalue weighted by atomic mass is 35.5.